The molecule has 90 valence electrons. The topological polar surface area (TPSA) is 48.1 Å². The standard InChI is InChI=1S/C15H14N2O/c1-10-2-5-14(17-9-10)12-6-7-18-15-8-11(16)3-4-13(12)15/h2-6,8-9H,7,16H2,1H3. The van der Waals surface area contributed by atoms with Gasteiger partial charge in [-0.3, -0.25) is 4.98 Å². The molecule has 1 aromatic carbocycles. The molecule has 2 aromatic rings. The third-order valence-electron chi connectivity index (χ3n) is 3.01. The summed E-state index contributed by atoms with van der Waals surface area (Å²) < 4.78 is 5.60. The third-order valence-corrected chi connectivity index (χ3v) is 3.01. The van der Waals surface area contributed by atoms with E-state index in [0.29, 0.717) is 12.3 Å². The number of pyridine rings is 1. The number of nitrogens with zero attached hydrogens (tertiary/aromatic N) is 1. The van der Waals surface area contributed by atoms with Crippen molar-refractivity contribution in [1.82, 2.24) is 4.98 Å². The predicted octanol–water partition coefficient (Wildman–Crippen LogP) is 2.80. The molecule has 3 heteroatoms. The summed E-state index contributed by atoms with van der Waals surface area (Å²) in [6, 6.07) is 9.82. The number of nitrogen functional groups attached to an aromatic ring is 1. The number of aryl methyl sites for hydroxylation is 1. The molecule has 18 heavy (non-hydrogen) atoms. The first-order chi connectivity index (χ1) is 8.74. The highest BCUT2D eigenvalue weighted by molar-refractivity contribution is 5.83. The van der Waals surface area contributed by atoms with Crippen molar-refractivity contribution in [2.24, 2.45) is 0 Å². The molecule has 1 aromatic heterocycles. The molecule has 0 atom stereocenters. The highest BCUT2D eigenvalue weighted by atomic mass is 16.5. The smallest absolute Gasteiger partial charge is 0.129 e. The maximum atomic E-state index is 5.77. The lowest BCUT2D eigenvalue weighted by Gasteiger charge is -2.18. The van der Waals surface area contributed by atoms with Crippen LogP contribution in [0.15, 0.2) is 42.6 Å². The summed E-state index contributed by atoms with van der Waals surface area (Å²) in [5.74, 6) is 0.829. The Kier molecular flexibility index (Phi) is 2.52. The predicted molar refractivity (Wildman–Crippen MR) is 72.4 cm³/mol. The van der Waals surface area contributed by atoms with Crippen LogP contribution in [0.2, 0.25) is 0 Å². The third kappa shape index (κ3) is 1.84. The molecule has 0 saturated heterocycles. The van der Waals surface area contributed by atoms with Crippen molar-refractivity contribution in [3.05, 3.63) is 59.4 Å². The van der Waals surface area contributed by atoms with Gasteiger partial charge in [0, 0.05) is 29.1 Å². The van der Waals surface area contributed by atoms with E-state index in [2.05, 4.69) is 17.1 Å². The SMILES string of the molecule is Cc1ccc(C2=CCOc3cc(N)ccc32)nc1. The number of hydrogen-bond donors (Lipinski definition) is 1. The number of ether oxygens (including phenoxy) is 1. The van der Waals surface area contributed by atoms with Gasteiger partial charge in [0.1, 0.15) is 12.4 Å². The normalized spacial score (nSPS) is 13.5. The molecule has 0 unspecified atom stereocenters. The van der Waals surface area contributed by atoms with Crippen LogP contribution in [-0.2, 0) is 0 Å². The number of fused-ring (bicyclic) bond motifs is 1. The van der Waals surface area contributed by atoms with Crippen LogP contribution >= 0.6 is 0 Å². The first kappa shape index (κ1) is 10.8. The molecule has 0 saturated carbocycles. The van der Waals surface area contributed by atoms with E-state index in [-0.39, 0.29) is 0 Å². The molecule has 0 spiro atoms. The summed E-state index contributed by atoms with van der Waals surface area (Å²) >= 11 is 0. The van der Waals surface area contributed by atoms with Gasteiger partial charge >= 0.3 is 0 Å². The Bertz CT molecular complexity index is 615. The summed E-state index contributed by atoms with van der Waals surface area (Å²) in [6.45, 7) is 2.59. The summed E-state index contributed by atoms with van der Waals surface area (Å²) in [4.78, 5) is 4.47. The van der Waals surface area contributed by atoms with Gasteiger partial charge in [-0.05, 0) is 36.8 Å². The van der Waals surface area contributed by atoms with E-state index in [1.807, 2.05) is 37.4 Å². The van der Waals surface area contributed by atoms with Gasteiger partial charge in [-0.2, -0.15) is 0 Å². The van der Waals surface area contributed by atoms with E-state index in [0.717, 1.165) is 28.1 Å². The molecule has 0 radical (unpaired) electrons. The maximum Gasteiger partial charge on any atom is 0.129 e. The molecule has 0 fully saturated rings. The van der Waals surface area contributed by atoms with Crippen LogP contribution in [0.1, 0.15) is 16.8 Å². The second-order valence-corrected chi connectivity index (χ2v) is 4.41. The van der Waals surface area contributed by atoms with E-state index in [1.165, 1.54) is 0 Å². The number of rotatable bonds is 1. The van der Waals surface area contributed by atoms with Gasteiger partial charge in [0.15, 0.2) is 0 Å². The molecule has 0 amide bonds. The lowest BCUT2D eigenvalue weighted by atomic mass is 9.98. The molecule has 0 bridgehead atoms. The van der Waals surface area contributed by atoms with Crippen molar-refractivity contribution in [2.75, 3.05) is 12.3 Å². The molecule has 3 rings (SSSR count). The second kappa shape index (κ2) is 4.18. The van der Waals surface area contributed by atoms with E-state index in [9.17, 15) is 0 Å². The van der Waals surface area contributed by atoms with Crippen LogP contribution in [0, 0.1) is 6.92 Å². The monoisotopic (exact) mass is 238 g/mol. The van der Waals surface area contributed by atoms with Crippen LogP contribution in [0.3, 0.4) is 0 Å². The number of hydrogen-bond acceptors (Lipinski definition) is 3. The quantitative estimate of drug-likeness (QED) is 0.777. The van der Waals surface area contributed by atoms with E-state index in [1.54, 1.807) is 0 Å². The van der Waals surface area contributed by atoms with Crippen molar-refractivity contribution < 1.29 is 4.74 Å². The zero-order valence-electron chi connectivity index (χ0n) is 10.2. The molecule has 1 aliphatic heterocycles. The lowest BCUT2D eigenvalue weighted by Crippen LogP contribution is -2.06. The van der Waals surface area contributed by atoms with Crippen LogP contribution in [0.4, 0.5) is 5.69 Å². The average molecular weight is 238 g/mol. The molecule has 2 heterocycles. The van der Waals surface area contributed by atoms with Crippen molar-refractivity contribution >= 4 is 11.3 Å². The summed E-state index contributed by atoms with van der Waals surface area (Å²) in [5.41, 5.74) is 10.8. The van der Waals surface area contributed by atoms with Gasteiger partial charge in [-0.15, -0.1) is 0 Å². The fraction of sp³-hybridized carbons (Fsp3) is 0.133. The summed E-state index contributed by atoms with van der Waals surface area (Å²) in [7, 11) is 0. The number of benzene rings is 1. The number of nitrogens with two attached hydrogens (primary N) is 1. The van der Waals surface area contributed by atoms with Crippen LogP contribution < -0.4 is 10.5 Å². The van der Waals surface area contributed by atoms with Gasteiger partial charge in [0.25, 0.3) is 0 Å². The fourth-order valence-electron chi connectivity index (χ4n) is 2.08. The zero-order valence-corrected chi connectivity index (χ0v) is 10.2. The Labute approximate surface area is 106 Å². The Balaban J connectivity index is 2.09. The Hall–Kier alpha value is -2.29. The zero-order chi connectivity index (χ0) is 12.5. The van der Waals surface area contributed by atoms with Gasteiger partial charge in [0.2, 0.25) is 0 Å². The highest BCUT2D eigenvalue weighted by Crippen LogP contribution is 2.34. The van der Waals surface area contributed by atoms with Gasteiger partial charge in [0.05, 0.1) is 5.69 Å². The van der Waals surface area contributed by atoms with Crippen molar-refractivity contribution in [3.63, 3.8) is 0 Å². The van der Waals surface area contributed by atoms with Crippen molar-refractivity contribution in [2.45, 2.75) is 6.92 Å². The lowest BCUT2D eigenvalue weighted by molar-refractivity contribution is 0.357. The van der Waals surface area contributed by atoms with Crippen molar-refractivity contribution in [3.8, 4) is 5.75 Å². The Morgan fingerprint density at radius 2 is 2.11 bits per heavy atom. The molecular weight excluding hydrogens is 224 g/mol. The Morgan fingerprint density at radius 3 is 2.89 bits per heavy atom. The highest BCUT2D eigenvalue weighted by Gasteiger charge is 2.16. The van der Waals surface area contributed by atoms with E-state index in [4.69, 9.17) is 10.5 Å². The molecular formula is C15H14N2O. The van der Waals surface area contributed by atoms with Gasteiger partial charge in [-0.1, -0.05) is 6.07 Å². The fourth-order valence-corrected chi connectivity index (χ4v) is 2.08. The summed E-state index contributed by atoms with van der Waals surface area (Å²) in [5, 5.41) is 0. The largest absolute Gasteiger partial charge is 0.489 e. The average Bonchev–Trinajstić information content (AvgIpc) is 2.38. The number of anilines is 1. The van der Waals surface area contributed by atoms with Crippen LogP contribution in [0.5, 0.6) is 5.75 Å². The molecule has 0 aliphatic carbocycles. The van der Waals surface area contributed by atoms with Crippen LogP contribution in [-0.4, -0.2) is 11.6 Å². The number of aromatic nitrogens is 1. The van der Waals surface area contributed by atoms with E-state index >= 15 is 0 Å². The minimum Gasteiger partial charge on any atom is -0.489 e. The minimum absolute atomic E-state index is 0.557. The second-order valence-electron chi connectivity index (χ2n) is 4.41. The first-order valence-corrected chi connectivity index (χ1v) is 5.90. The Morgan fingerprint density at radius 1 is 1.22 bits per heavy atom. The van der Waals surface area contributed by atoms with Crippen molar-refractivity contribution in [1.29, 1.82) is 0 Å². The van der Waals surface area contributed by atoms with Gasteiger partial charge < -0.3 is 10.5 Å². The molecule has 2 N–H and O–H groups in total. The van der Waals surface area contributed by atoms with Gasteiger partial charge in [-0.25, -0.2) is 0 Å². The first-order valence-electron chi connectivity index (χ1n) is 5.90. The van der Waals surface area contributed by atoms with Crippen LogP contribution in [0.25, 0.3) is 5.57 Å². The van der Waals surface area contributed by atoms with E-state index < -0.39 is 0 Å². The molecule has 3 nitrogen and oxygen atoms in total. The minimum atomic E-state index is 0.557. The molecule has 1 aliphatic rings. The maximum absolute atomic E-state index is 5.77. The summed E-state index contributed by atoms with van der Waals surface area (Å²) in [6.07, 6.45) is 3.93.